The summed E-state index contributed by atoms with van der Waals surface area (Å²) in [6.07, 6.45) is 9.01. The Hall–Kier alpha value is -3.44. The van der Waals surface area contributed by atoms with Gasteiger partial charge in [-0.05, 0) is 71.9 Å². The first kappa shape index (κ1) is 22.7. The molecular weight excluding hydrogens is 402 g/mol. The SMILES string of the molecule is C=CC1CC1c1ccccc1-c1ccc(C(=O)CCCCCCc2cccc(C#N)c2)cc1. The maximum absolute atomic E-state index is 12.6. The number of ketones is 1. The van der Waals surface area contributed by atoms with E-state index in [-0.39, 0.29) is 5.78 Å². The molecule has 1 aliphatic rings. The molecule has 0 heterocycles. The lowest BCUT2D eigenvalue weighted by atomic mass is 9.94. The van der Waals surface area contributed by atoms with E-state index in [9.17, 15) is 4.79 Å². The number of hydrogen-bond acceptors (Lipinski definition) is 2. The van der Waals surface area contributed by atoms with E-state index in [1.54, 1.807) is 0 Å². The van der Waals surface area contributed by atoms with Gasteiger partial charge >= 0.3 is 0 Å². The molecule has 0 N–H and O–H groups in total. The molecule has 2 unspecified atom stereocenters. The summed E-state index contributed by atoms with van der Waals surface area (Å²) in [5.41, 5.74) is 6.58. The van der Waals surface area contributed by atoms with Crippen LogP contribution in [0, 0.1) is 17.2 Å². The summed E-state index contributed by atoms with van der Waals surface area (Å²) in [7, 11) is 0. The Kier molecular flexibility index (Phi) is 7.53. The minimum absolute atomic E-state index is 0.227. The fourth-order valence-electron chi connectivity index (χ4n) is 4.66. The molecule has 1 saturated carbocycles. The van der Waals surface area contributed by atoms with Gasteiger partial charge in [-0.2, -0.15) is 5.26 Å². The van der Waals surface area contributed by atoms with Crippen molar-refractivity contribution in [1.82, 2.24) is 0 Å². The highest BCUT2D eigenvalue weighted by Crippen LogP contribution is 2.50. The Labute approximate surface area is 197 Å². The lowest BCUT2D eigenvalue weighted by Gasteiger charge is -2.10. The lowest BCUT2D eigenvalue weighted by molar-refractivity contribution is 0.0979. The van der Waals surface area contributed by atoms with E-state index in [0.29, 0.717) is 18.3 Å². The topological polar surface area (TPSA) is 40.9 Å². The fraction of sp³-hybridized carbons (Fsp3) is 0.290. The van der Waals surface area contributed by atoms with Crippen molar-refractivity contribution < 1.29 is 4.79 Å². The molecule has 1 fully saturated rings. The number of nitrogens with zero attached hydrogens (tertiary/aromatic N) is 1. The summed E-state index contributed by atoms with van der Waals surface area (Å²) in [5, 5.41) is 8.99. The van der Waals surface area contributed by atoms with Crippen molar-refractivity contribution in [1.29, 1.82) is 5.26 Å². The van der Waals surface area contributed by atoms with Crippen molar-refractivity contribution in [2.45, 2.75) is 50.9 Å². The molecule has 4 rings (SSSR count). The van der Waals surface area contributed by atoms with E-state index in [2.05, 4.69) is 61.2 Å². The predicted octanol–water partition coefficient (Wildman–Crippen LogP) is 7.89. The molecule has 0 aromatic heterocycles. The Morgan fingerprint density at radius 2 is 1.76 bits per heavy atom. The molecule has 0 saturated heterocycles. The number of hydrogen-bond donors (Lipinski definition) is 0. The van der Waals surface area contributed by atoms with Crippen molar-refractivity contribution in [2.75, 3.05) is 0 Å². The smallest absolute Gasteiger partial charge is 0.162 e. The fourth-order valence-corrected chi connectivity index (χ4v) is 4.66. The van der Waals surface area contributed by atoms with E-state index in [0.717, 1.165) is 43.2 Å². The van der Waals surface area contributed by atoms with E-state index < -0.39 is 0 Å². The van der Waals surface area contributed by atoms with Crippen LogP contribution in [0.5, 0.6) is 0 Å². The molecule has 3 aromatic carbocycles. The number of allylic oxidation sites excluding steroid dienone is 1. The summed E-state index contributed by atoms with van der Waals surface area (Å²) in [6, 6.07) is 26.8. The lowest BCUT2D eigenvalue weighted by Crippen LogP contribution is -1.99. The van der Waals surface area contributed by atoms with E-state index in [4.69, 9.17) is 5.26 Å². The number of aryl methyl sites for hydroxylation is 1. The van der Waals surface area contributed by atoms with Crippen molar-refractivity contribution >= 4 is 5.78 Å². The Bertz CT molecular complexity index is 1150. The van der Waals surface area contributed by atoms with E-state index in [1.807, 2.05) is 30.3 Å². The van der Waals surface area contributed by atoms with Gasteiger partial charge in [-0.25, -0.2) is 0 Å². The summed E-state index contributed by atoms with van der Waals surface area (Å²) < 4.78 is 0. The maximum Gasteiger partial charge on any atom is 0.162 e. The largest absolute Gasteiger partial charge is 0.294 e. The van der Waals surface area contributed by atoms with Crippen LogP contribution in [-0.4, -0.2) is 5.78 Å². The summed E-state index contributed by atoms with van der Waals surface area (Å²) >= 11 is 0. The minimum atomic E-state index is 0.227. The molecular formula is C31H31NO. The van der Waals surface area contributed by atoms with Crippen LogP contribution in [0.3, 0.4) is 0 Å². The standard InChI is InChI=1S/C31H31NO/c1-2-25-21-30(25)29-14-8-7-13-28(29)26-16-18-27(19-17-26)31(33)15-6-4-3-5-10-23-11-9-12-24(20-23)22-32/h2,7-9,11-14,16-20,25,30H,1,3-6,10,15,21H2. The minimum Gasteiger partial charge on any atom is -0.294 e. The highest BCUT2D eigenvalue weighted by molar-refractivity contribution is 5.96. The van der Waals surface area contributed by atoms with Crippen LogP contribution in [0.2, 0.25) is 0 Å². The molecule has 0 amide bonds. The van der Waals surface area contributed by atoms with Gasteiger partial charge in [0.15, 0.2) is 5.78 Å². The molecule has 0 radical (unpaired) electrons. The number of Topliss-reactive ketones (excluding diaryl/α,β-unsaturated/α-hetero) is 1. The zero-order chi connectivity index (χ0) is 23.0. The highest BCUT2D eigenvalue weighted by atomic mass is 16.1. The second-order valence-corrected chi connectivity index (χ2v) is 9.06. The number of nitriles is 1. The normalized spacial score (nSPS) is 16.7. The summed E-state index contributed by atoms with van der Waals surface area (Å²) in [5.74, 6) is 1.40. The van der Waals surface area contributed by atoms with Gasteiger partial charge in [-0.15, -0.1) is 6.58 Å². The third kappa shape index (κ3) is 5.88. The van der Waals surface area contributed by atoms with Crippen LogP contribution in [0.25, 0.3) is 11.1 Å². The van der Waals surface area contributed by atoms with E-state index >= 15 is 0 Å². The first-order chi connectivity index (χ1) is 16.2. The molecule has 0 spiro atoms. The molecule has 1 aliphatic carbocycles. The quantitative estimate of drug-likeness (QED) is 0.175. The molecule has 0 aliphatic heterocycles. The Morgan fingerprint density at radius 3 is 2.52 bits per heavy atom. The second-order valence-electron chi connectivity index (χ2n) is 9.06. The monoisotopic (exact) mass is 433 g/mol. The van der Waals surface area contributed by atoms with Gasteiger partial charge in [0.25, 0.3) is 0 Å². The predicted molar refractivity (Wildman–Crippen MR) is 135 cm³/mol. The maximum atomic E-state index is 12.6. The Balaban J connectivity index is 1.24. The highest BCUT2D eigenvalue weighted by Gasteiger charge is 2.36. The molecule has 33 heavy (non-hydrogen) atoms. The van der Waals surface area contributed by atoms with Gasteiger partial charge in [0, 0.05) is 12.0 Å². The zero-order valence-electron chi connectivity index (χ0n) is 19.2. The van der Waals surface area contributed by atoms with Crippen molar-refractivity contribution in [3.8, 4) is 17.2 Å². The molecule has 0 bridgehead atoms. The molecule has 166 valence electrons. The van der Waals surface area contributed by atoms with Crippen LogP contribution >= 0.6 is 0 Å². The van der Waals surface area contributed by atoms with Crippen LogP contribution in [0.4, 0.5) is 0 Å². The molecule has 3 aromatic rings. The number of unbranched alkanes of at least 4 members (excludes halogenated alkanes) is 3. The van der Waals surface area contributed by atoms with Crippen molar-refractivity contribution in [3.05, 3.63) is 108 Å². The molecule has 2 atom stereocenters. The third-order valence-electron chi connectivity index (χ3n) is 6.70. The molecule has 2 heteroatoms. The van der Waals surface area contributed by atoms with E-state index in [1.165, 1.54) is 28.7 Å². The summed E-state index contributed by atoms with van der Waals surface area (Å²) in [6.45, 7) is 3.94. The van der Waals surface area contributed by atoms with Gasteiger partial charge in [-0.3, -0.25) is 4.79 Å². The average molecular weight is 434 g/mol. The van der Waals surface area contributed by atoms with Gasteiger partial charge in [0.05, 0.1) is 11.6 Å². The zero-order valence-corrected chi connectivity index (χ0v) is 19.2. The summed E-state index contributed by atoms with van der Waals surface area (Å²) in [4.78, 5) is 12.6. The first-order valence-electron chi connectivity index (χ1n) is 12.0. The number of carbonyl (C=O) groups excluding carboxylic acids is 1. The second kappa shape index (κ2) is 10.9. The number of benzene rings is 3. The van der Waals surface area contributed by atoms with Crippen LogP contribution < -0.4 is 0 Å². The van der Waals surface area contributed by atoms with Gasteiger partial charge in [-0.1, -0.05) is 79.6 Å². The Morgan fingerprint density at radius 1 is 0.970 bits per heavy atom. The van der Waals surface area contributed by atoms with Crippen LogP contribution in [0.15, 0.2) is 85.5 Å². The van der Waals surface area contributed by atoms with Crippen LogP contribution in [0.1, 0.15) is 71.5 Å². The molecule has 2 nitrogen and oxygen atoms in total. The van der Waals surface area contributed by atoms with Crippen LogP contribution in [-0.2, 0) is 6.42 Å². The number of carbonyl (C=O) groups is 1. The van der Waals surface area contributed by atoms with Gasteiger partial charge in [0.1, 0.15) is 0 Å². The third-order valence-corrected chi connectivity index (χ3v) is 6.70. The van der Waals surface area contributed by atoms with Crippen molar-refractivity contribution in [3.63, 3.8) is 0 Å². The van der Waals surface area contributed by atoms with Gasteiger partial charge < -0.3 is 0 Å². The average Bonchev–Trinajstić information content (AvgIpc) is 3.66. The first-order valence-corrected chi connectivity index (χ1v) is 12.0. The van der Waals surface area contributed by atoms with Gasteiger partial charge in [0.2, 0.25) is 0 Å². The number of rotatable bonds is 11. The van der Waals surface area contributed by atoms with Crippen molar-refractivity contribution in [2.24, 2.45) is 5.92 Å².